The number of hydrogen-bond donors (Lipinski definition) is 0. The lowest BCUT2D eigenvalue weighted by Gasteiger charge is -2.74. The van der Waals surface area contributed by atoms with E-state index in [4.69, 9.17) is 0 Å². The molecule has 4 atom stereocenters. The molecule has 0 aromatic heterocycles. The van der Waals surface area contributed by atoms with E-state index in [-0.39, 0.29) is 0 Å². The van der Waals surface area contributed by atoms with E-state index in [1.54, 1.807) is 0 Å². The Bertz CT molecular complexity index is 939. The highest BCUT2D eigenvalue weighted by atomic mass is 19.4. The summed E-state index contributed by atoms with van der Waals surface area (Å²) in [7, 11) is 0. The van der Waals surface area contributed by atoms with Gasteiger partial charge in [0.15, 0.2) is 0 Å². The number of alkyl halides is 24. The molecule has 0 aromatic rings. The minimum absolute atomic E-state index is 3.03. The second-order valence-electron chi connectivity index (χ2n) is 12.3. The predicted molar refractivity (Wildman–Crippen MR) is 101 cm³/mol. The van der Waals surface area contributed by atoms with Gasteiger partial charge in [-0.15, -0.1) is 0 Å². The van der Waals surface area contributed by atoms with Crippen LogP contribution < -0.4 is 0 Å². The molecule has 24 heteroatoms. The lowest BCUT2D eigenvalue weighted by atomic mass is 9.31. The van der Waals surface area contributed by atoms with Crippen molar-refractivity contribution in [3.63, 3.8) is 0 Å². The summed E-state index contributed by atoms with van der Waals surface area (Å²) in [6.45, 7) is 0. The third-order valence-corrected chi connectivity index (χ3v) is 9.31. The van der Waals surface area contributed by atoms with Crippen LogP contribution in [0.1, 0.15) is 38.5 Å². The van der Waals surface area contributed by atoms with Crippen LogP contribution in [0.3, 0.4) is 0 Å². The van der Waals surface area contributed by atoms with Gasteiger partial charge in [-0.1, -0.05) is 0 Å². The summed E-state index contributed by atoms with van der Waals surface area (Å²) in [6.07, 6.45) is -69.6. The van der Waals surface area contributed by atoms with Crippen molar-refractivity contribution in [2.75, 3.05) is 0 Å². The zero-order valence-corrected chi connectivity index (χ0v) is 21.6. The van der Waals surface area contributed by atoms with E-state index < -0.39 is 133 Å². The normalized spacial score (nSPS) is 34.4. The Kier molecular flexibility index (Phi) is 8.38. The average molecular weight is 736 g/mol. The van der Waals surface area contributed by atoms with Gasteiger partial charge in [0.05, 0.1) is 0 Å². The zero-order chi connectivity index (χ0) is 36.6. The molecule has 4 rings (SSSR count). The fraction of sp³-hybridized carbons (Fsp3) is 1.00. The van der Waals surface area contributed by atoms with Crippen molar-refractivity contribution >= 4 is 0 Å². The quantitative estimate of drug-likeness (QED) is 0.218. The average Bonchev–Trinajstić information content (AvgIpc) is 2.83. The maximum absolute atomic E-state index is 15.5. The van der Waals surface area contributed by atoms with Crippen molar-refractivity contribution < 1.29 is 105 Å². The molecule has 0 aromatic carbocycles. The van der Waals surface area contributed by atoms with Crippen LogP contribution >= 0.6 is 0 Å². The number of halogens is 24. The summed E-state index contributed by atoms with van der Waals surface area (Å²) in [5.74, 6) is -27.1. The first-order valence-corrected chi connectivity index (χ1v) is 12.2. The molecule has 0 heterocycles. The van der Waals surface area contributed by atoms with Crippen LogP contribution in [0.4, 0.5) is 105 Å². The van der Waals surface area contributed by atoms with E-state index in [1.807, 2.05) is 0 Å². The Morgan fingerprint density at radius 1 is 0.261 bits per heavy atom. The topological polar surface area (TPSA) is 0 Å². The molecule has 4 bridgehead atoms. The van der Waals surface area contributed by atoms with Crippen LogP contribution in [0.2, 0.25) is 0 Å². The molecule has 0 aliphatic heterocycles. The molecule has 4 fully saturated rings. The molecular weight excluding hydrogens is 720 g/mol. The van der Waals surface area contributed by atoms with Gasteiger partial charge < -0.3 is 0 Å². The summed E-state index contributed by atoms with van der Waals surface area (Å²) in [5.41, 5.74) is -20.6. The van der Waals surface area contributed by atoms with Crippen LogP contribution in [-0.2, 0) is 0 Å². The van der Waals surface area contributed by atoms with Crippen molar-refractivity contribution in [3.8, 4) is 0 Å². The van der Waals surface area contributed by atoms with Crippen LogP contribution in [0, 0.1) is 21.7 Å². The molecule has 4 saturated carbocycles. The van der Waals surface area contributed by atoms with E-state index in [0.717, 1.165) is 0 Å². The highest BCUT2D eigenvalue weighted by molar-refractivity contribution is 5.29. The van der Waals surface area contributed by atoms with Crippen LogP contribution in [0.25, 0.3) is 0 Å². The van der Waals surface area contributed by atoms with Crippen molar-refractivity contribution in [1.29, 1.82) is 0 Å². The predicted octanol–water partition coefficient (Wildman–Crippen LogP) is 10.5. The molecule has 0 radical (unpaired) electrons. The molecule has 0 nitrogen and oxygen atoms in total. The molecular formula is C22H16F24. The SMILES string of the molecule is FC(C(F)(F)F)C(F)(F)C12CC3(C(F)(F)C(F)C(F)(F)F)CC(C(F)(F)C(F)C(F)(F)F)(C1)CC(C(F)(F)C(F)C(F)(F)F)(C2)C3. The fourth-order valence-corrected chi connectivity index (χ4v) is 7.95. The van der Waals surface area contributed by atoms with Crippen LogP contribution in [0.15, 0.2) is 0 Å². The van der Waals surface area contributed by atoms with Crippen molar-refractivity contribution in [3.05, 3.63) is 0 Å². The highest BCUT2D eigenvalue weighted by Gasteiger charge is 2.90. The van der Waals surface area contributed by atoms with E-state index in [2.05, 4.69) is 0 Å². The summed E-state index contributed by atoms with van der Waals surface area (Å²) in [6, 6.07) is 0. The second kappa shape index (κ2) is 9.95. The minimum Gasteiger partial charge on any atom is -0.231 e. The van der Waals surface area contributed by atoms with Gasteiger partial charge in [0.2, 0.25) is 0 Å². The van der Waals surface area contributed by atoms with Gasteiger partial charge in [0, 0.05) is 21.7 Å². The first-order valence-electron chi connectivity index (χ1n) is 12.2. The Labute approximate surface area is 239 Å². The Morgan fingerprint density at radius 3 is 0.457 bits per heavy atom. The third kappa shape index (κ3) is 5.16. The Morgan fingerprint density at radius 2 is 0.370 bits per heavy atom. The van der Waals surface area contributed by atoms with Gasteiger partial charge in [0.1, 0.15) is 0 Å². The minimum atomic E-state index is -6.97. The maximum atomic E-state index is 15.5. The van der Waals surface area contributed by atoms with Gasteiger partial charge in [-0.05, 0) is 38.5 Å². The first kappa shape index (κ1) is 38.8. The lowest BCUT2D eigenvalue weighted by Crippen LogP contribution is -2.78. The Hall–Kier alpha value is -1.68. The van der Waals surface area contributed by atoms with Crippen LogP contribution in [0.5, 0.6) is 0 Å². The second-order valence-corrected chi connectivity index (χ2v) is 12.3. The summed E-state index contributed by atoms with van der Waals surface area (Å²) >= 11 is 0. The molecule has 0 amide bonds. The van der Waals surface area contributed by atoms with E-state index >= 15 is 35.1 Å². The summed E-state index contributed by atoms with van der Waals surface area (Å²) in [4.78, 5) is 0. The smallest absolute Gasteiger partial charge is 0.231 e. The molecule has 0 saturated heterocycles. The largest absolute Gasteiger partial charge is 0.425 e. The molecule has 272 valence electrons. The first-order chi connectivity index (χ1) is 19.9. The van der Waals surface area contributed by atoms with E-state index in [9.17, 15) is 70.2 Å². The summed E-state index contributed by atoms with van der Waals surface area (Å²) in [5, 5.41) is 0. The Balaban J connectivity index is 2.58. The van der Waals surface area contributed by atoms with Gasteiger partial charge in [-0.2, -0.15) is 52.7 Å². The molecule has 4 unspecified atom stereocenters. The van der Waals surface area contributed by atoms with Crippen molar-refractivity contribution in [2.45, 2.75) is 112 Å². The standard InChI is InChI=1S/C22H16F24/c23-7(19(35,36)37)15(27,28)11-1-12(16(29,30)8(24)20(38,39)40)4-13(2-11,17(31,32)9(25)21(41,42)43)6-14(3-11,5-12)18(33,34)10(26)22(44,45)46/h7-10H,1-6H2. The zero-order valence-electron chi connectivity index (χ0n) is 21.6. The van der Waals surface area contributed by atoms with Crippen molar-refractivity contribution in [2.24, 2.45) is 21.7 Å². The number of hydrogen-bond acceptors (Lipinski definition) is 0. The number of rotatable bonds is 8. The van der Waals surface area contributed by atoms with E-state index in [1.165, 1.54) is 0 Å². The van der Waals surface area contributed by atoms with Gasteiger partial charge >= 0.3 is 24.7 Å². The van der Waals surface area contributed by atoms with Gasteiger partial charge in [-0.3, -0.25) is 0 Å². The maximum Gasteiger partial charge on any atom is 0.425 e. The lowest BCUT2D eigenvalue weighted by molar-refractivity contribution is -0.420. The van der Waals surface area contributed by atoms with Crippen molar-refractivity contribution in [1.82, 2.24) is 0 Å². The molecule has 0 spiro atoms. The molecule has 0 N–H and O–H groups in total. The molecule has 4 aliphatic carbocycles. The monoisotopic (exact) mass is 736 g/mol. The third-order valence-electron chi connectivity index (χ3n) is 9.31. The van der Waals surface area contributed by atoms with Crippen LogP contribution in [-0.4, -0.2) is 73.1 Å². The summed E-state index contributed by atoms with van der Waals surface area (Å²) < 4.78 is 339. The molecule has 4 aliphatic rings. The van der Waals surface area contributed by atoms with Gasteiger partial charge in [0.25, 0.3) is 48.4 Å². The highest BCUT2D eigenvalue weighted by Crippen LogP contribution is 2.85. The molecule has 46 heavy (non-hydrogen) atoms. The fourth-order valence-electron chi connectivity index (χ4n) is 7.95. The van der Waals surface area contributed by atoms with E-state index in [0.29, 0.717) is 0 Å². The van der Waals surface area contributed by atoms with Gasteiger partial charge in [-0.25, -0.2) is 52.7 Å².